The van der Waals surface area contributed by atoms with E-state index in [0.29, 0.717) is 52.7 Å². The Balaban J connectivity index is 0.687. The number of aliphatic imine (C=N–C) groups is 1. The summed E-state index contributed by atoms with van der Waals surface area (Å²) in [5.41, 5.74) is 9.96. The quantitative estimate of drug-likeness (QED) is 0.130. The summed E-state index contributed by atoms with van der Waals surface area (Å²) in [6, 6.07) is 56.1. The van der Waals surface area contributed by atoms with Crippen molar-refractivity contribution in [2.45, 2.75) is 13.8 Å². The van der Waals surface area contributed by atoms with E-state index in [4.69, 9.17) is 41.0 Å². The van der Waals surface area contributed by atoms with Crippen molar-refractivity contribution in [1.82, 2.24) is 9.55 Å². The van der Waals surface area contributed by atoms with Crippen LogP contribution in [-0.2, 0) is 0 Å². The number of benzene rings is 7. The van der Waals surface area contributed by atoms with Gasteiger partial charge < -0.3 is 40.9 Å². The second kappa shape index (κ2) is 16.3. The van der Waals surface area contributed by atoms with Gasteiger partial charge in [0, 0.05) is 74.5 Å². The van der Waals surface area contributed by atoms with Crippen LogP contribution in [0, 0.1) is 13.8 Å². The molecule has 74 heavy (non-hydrogen) atoms. The third-order valence-corrected chi connectivity index (χ3v) is 13.8. The molecule has 356 valence electrons. The molecule has 0 N–H and O–H groups in total. The van der Waals surface area contributed by atoms with Gasteiger partial charge in [0.15, 0.2) is 34.3 Å². The van der Waals surface area contributed by atoms with Crippen LogP contribution in [0.4, 0.5) is 5.69 Å². The normalized spacial score (nSPS) is 12.9. The first kappa shape index (κ1) is 41.8. The SMILES string of the molecule is Cc1ccc(C2=NCCN2c2cccc3c2oc2c(-c4cccc(Oc5cc6cc7oc(Oc8cccc(-c9cccc%10c9oc9c(-n%11ccnc%11-c%11ccc(C)o%11)cccc9%10)c8)cc7cc6o5)c4)cccc23)o1. The molecular weight excluding hydrogens is 929 g/mol. The minimum atomic E-state index is 0.349. The molecule has 0 saturated carbocycles. The van der Waals surface area contributed by atoms with E-state index in [-0.39, 0.29) is 0 Å². The molecule has 0 atom stereocenters. The van der Waals surface area contributed by atoms with Crippen molar-refractivity contribution in [3.05, 3.63) is 200 Å². The Bertz CT molecular complexity index is 4520. The number of anilines is 1. The molecule has 0 fully saturated rings. The van der Waals surface area contributed by atoms with Crippen LogP contribution >= 0.6 is 0 Å². The molecule has 12 nitrogen and oxygen atoms in total. The maximum atomic E-state index is 6.80. The Hall–Kier alpha value is -9.94. The first-order valence-corrected chi connectivity index (χ1v) is 24.3. The fraction of sp³-hybridized carbons (Fsp3) is 0.0645. The van der Waals surface area contributed by atoms with E-state index in [1.807, 2.05) is 134 Å². The van der Waals surface area contributed by atoms with Gasteiger partial charge in [-0.15, -0.1) is 0 Å². The van der Waals surface area contributed by atoms with E-state index in [0.717, 1.165) is 118 Å². The molecule has 0 bridgehead atoms. The number of aryl methyl sites for hydroxylation is 2. The average molecular weight is 969 g/mol. The lowest BCUT2D eigenvalue weighted by atomic mass is 10.0. The molecule has 7 aromatic carbocycles. The number of aromatic nitrogens is 2. The summed E-state index contributed by atoms with van der Waals surface area (Å²) in [6.07, 6.45) is 3.69. The highest BCUT2D eigenvalue weighted by Gasteiger charge is 2.27. The first-order valence-electron chi connectivity index (χ1n) is 24.3. The van der Waals surface area contributed by atoms with Crippen LogP contribution in [-0.4, -0.2) is 28.5 Å². The van der Waals surface area contributed by atoms with Crippen molar-refractivity contribution in [2.75, 3.05) is 18.0 Å². The van der Waals surface area contributed by atoms with Crippen LogP contribution in [0.1, 0.15) is 17.3 Å². The largest absolute Gasteiger partial charge is 0.458 e. The van der Waals surface area contributed by atoms with Gasteiger partial charge in [-0.05, 0) is 97.8 Å². The van der Waals surface area contributed by atoms with Gasteiger partial charge in [-0.1, -0.05) is 84.9 Å². The van der Waals surface area contributed by atoms with Gasteiger partial charge in [0.25, 0.3) is 11.9 Å². The van der Waals surface area contributed by atoms with E-state index in [1.165, 1.54) is 0 Å². The number of nitrogens with zero attached hydrogens (tertiary/aromatic N) is 4. The van der Waals surface area contributed by atoms with E-state index in [1.54, 1.807) is 6.20 Å². The van der Waals surface area contributed by atoms with E-state index in [9.17, 15) is 0 Å². The average Bonchev–Trinajstić information content (AvgIpc) is 4.29. The Morgan fingerprint density at radius 2 is 1.00 bits per heavy atom. The van der Waals surface area contributed by atoms with Crippen LogP contribution in [0.2, 0.25) is 0 Å². The number of hydrogen-bond donors (Lipinski definition) is 0. The predicted molar refractivity (Wildman–Crippen MR) is 286 cm³/mol. The van der Waals surface area contributed by atoms with Crippen molar-refractivity contribution in [1.29, 1.82) is 0 Å². The maximum Gasteiger partial charge on any atom is 0.291 e. The molecular formula is C62H40N4O8. The molecule has 1 aliphatic heterocycles. The number of furan rings is 6. The van der Waals surface area contributed by atoms with Crippen LogP contribution in [0.15, 0.2) is 214 Å². The number of rotatable bonds is 10. The van der Waals surface area contributed by atoms with Gasteiger partial charge in [-0.2, -0.15) is 0 Å². The molecule has 0 radical (unpaired) electrons. The molecule has 0 amide bonds. The molecule has 0 saturated heterocycles. The Morgan fingerprint density at radius 3 is 1.58 bits per heavy atom. The molecule has 0 spiro atoms. The standard InChI is InChI=1S/C62H40N4O8/c1-35-21-23-51(67-35)61-63-25-27-65(61)49-19-7-17-47-45-15-5-13-43(57(45)73-59(47)49)37-9-3-11-41(29-37)69-55-33-39-31-54-40(32-53(39)71-55)34-56(72-54)70-42-12-4-10-38(30-42)44-14-6-16-46-48-18-8-20-50(60(48)74-58(44)46)66-28-26-64-62(66)52-24-22-36(2)68-52/h3-25,27,29-34H,26,28H2,1-2H3. The summed E-state index contributed by atoms with van der Waals surface area (Å²) < 4.78 is 52.8. The zero-order valence-electron chi connectivity index (χ0n) is 39.8. The number of fused-ring (bicyclic) bond motifs is 8. The maximum absolute atomic E-state index is 6.80. The van der Waals surface area contributed by atoms with Crippen LogP contribution in [0.3, 0.4) is 0 Å². The van der Waals surface area contributed by atoms with Crippen LogP contribution < -0.4 is 14.4 Å². The fourth-order valence-electron chi connectivity index (χ4n) is 10.5. The second-order valence-electron chi connectivity index (χ2n) is 18.5. The van der Waals surface area contributed by atoms with Crippen LogP contribution in [0.25, 0.3) is 105 Å². The first-order chi connectivity index (χ1) is 36.4. The Morgan fingerprint density at radius 1 is 0.473 bits per heavy atom. The lowest BCUT2D eigenvalue weighted by Gasteiger charge is -2.19. The number of amidine groups is 1. The molecule has 0 aliphatic carbocycles. The molecule has 12 heteroatoms. The van der Waals surface area contributed by atoms with Gasteiger partial charge >= 0.3 is 0 Å². The van der Waals surface area contributed by atoms with Crippen molar-refractivity contribution in [3.8, 4) is 62.9 Å². The predicted octanol–water partition coefficient (Wildman–Crippen LogP) is 16.8. The summed E-state index contributed by atoms with van der Waals surface area (Å²) in [5.74, 6) is 6.53. The molecule has 1 aliphatic rings. The van der Waals surface area contributed by atoms with Gasteiger partial charge in [-0.3, -0.25) is 9.56 Å². The molecule has 15 rings (SSSR count). The van der Waals surface area contributed by atoms with Crippen LogP contribution in [0.5, 0.6) is 23.4 Å². The summed E-state index contributed by atoms with van der Waals surface area (Å²) >= 11 is 0. The molecule has 7 aromatic heterocycles. The third-order valence-electron chi connectivity index (χ3n) is 13.8. The summed E-state index contributed by atoms with van der Waals surface area (Å²) in [5, 5.41) is 5.70. The fourth-order valence-corrected chi connectivity index (χ4v) is 10.5. The lowest BCUT2D eigenvalue weighted by molar-refractivity contribution is 0.360. The minimum absolute atomic E-state index is 0.349. The zero-order chi connectivity index (χ0) is 49.0. The minimum Gasteiger partial charge on any atom is -0.458 e. The second-order valence-corrected chi connectivity index (χ2v) is 18.5. The highest BCUT2D eigenvalue weighted by atomic mass is 16.6. The van der Waals surface area contributed by atoms with E-state index >= 15 is 0 Å². The summed E-state index contributed by atoms with van der Waals surface area (Å²) in [4.78, 5) is 11.6. The number of para-hydroxylation sites is 4. The number of imidazole rings is 1. The summed E-state index contributed by atoms with van der Waals surface area (Å²) in [6.45, 7) is 5.27. The van der Waals surface area contributed by atoms with E-state index in [2.05, 4.69) is 70.5 Å². The number of ether oxygens (including phenoxy) is 2. The summed E-state index contributed by atoms with van der Waals surface area (Å²) in [7, 11) is 0. The van der Waals surface area contributed by atoms with Gasteiger partial charge in [0.2, 0.25) is 0 Å². The monoisotopic (exact) mass is 968 g/mol. The van der Waals surface area contributed by atoms with Crippen molar-refractivity contribution in [3.63, 3.8) is 0 Å². The van der Waals surface area contributed by atoms with Crippen molar-refractivity contribution < 1.29 is 36.0 Å². The zero-order valence-corrected chi connectivity index (χ0v) is 39.8. The van der Waals surface area contributed by atoms with Crippen molar-refractivity contribution >= 4 is 77.3 Å². The molecule has 0 unspecified atom stereocenters. The third kappa shape index (κ3) is 6.83. The van der Waals surface area contributed by atoms with Gasteiger partial charge in [0.1, 0.15) is 45.4 Å². The Labute approximate surface area is 420 Å². The highest BCUT2D eigenvalue weighted by molar-refractivity contribution is 6.17. The highest BCUT2D eigenvalue weighted by Crippen LogP contribution is 2.44. The molecule has 8 heterocycles. The van der Waals surface area contributed by atoms with Gasteiger partial charge in [-0.25, -0.2) is 4.98 Å². The molecule has 14 aromatic rings. The van der Waals surface area contributed by atoms with Crippen molar-refractivity contribution in [2.24, 2.45) is 4.99 Å². The lowest BCUT2D eigenvalue weighted by Crippen LogP contribution is -2.27. The Kier molecular flexibility index (Phi) is 9.21. The number of hydrogen-bond acceptors (Lipinski definition) is 11. The topological polar surface area (TPSA) is 131 Å². The van der Waals surface area contributed by atoms with E-state index < -0.39 is 0 Å². The van der Waals surface area contributed by atoms with Gasteiger partial charge in [0.05, 0.1) is 17.9 Å². The smallest absolute Gasteiger partial charge is 0.291 e.